The number of hydrogen-bond acceptors (Lipinski definition) is 4. The summed E-state index contributed by atoms with van der Waals surface area (Å²) < 4.78 is 0. The SMILES string of the molecule is Nc1cccc(CC(=O)NCC(=O)NCC(=O)O)c1. The number of carboxylic acid groups (broad SMARTS) is 1. The molecular formula is C12H15N3O4. The minimum Gasteiger partial charge on any atom is -0.480 e. The maximum Gasteiger partial charge on any atom is 0.322 e. The normalized spacial score (nSPS) is 9.68. The van der Waals surface area contributed by atoms with Gasteiger partial charge in [0.1, 0.15) is 6.54 Å². The molecule has 0 aromatic heterocycles. The van der Waals surface area contributed by atoms with Crippen LogP contribution in [0.5, 0.6) is 0 Å². The van der Waals surface area contributed by atoms with Crippen molar-refractivity contribution in [2.45, 2.75) is 6.42 Å². The van der Waals surface area contributed by atoms with E-state index in [1.165, 1.54) is 0 Å². The second kappa shape index (κ2) is 7.00. The second-order valence-electron chi connectivity index (χ2n) is 3.87. The average molecular weight is 265 g/mol. The Bertz CT molecular complexity index is 488. The summed E-state index contributed by atoms with van der Waals surface area (Å²) in [5.41, 5.74) is 6.87. The number of nitrogens with two attached hydrogens (primary N) is 1. The number of nitrogen functional groups attached to an aromatic ring is 1. The molecule has 0 bridgehead atoms. The standard InChI is InChI=1S/C12H15N3O4/c13-9-3-1-2-8(4-9)5-10(16)14-6-11(17)15-7-12(18)19/h1-4H,5-7,13H2,(H,14,16)(H,15,17)(H,18,19). The lowest BCUT2D eigenvalue weighted by molar-refractivity contribution is -0.137. The first kappa shape index (κ1) is 14.5. The number of aliphatic carboxylic acids is 1. The second-order valence-corrected chi connectivity index (χ2v) is 3.87. The van der Waals surface area contributed by atoms with Crippen molar-refractivity contribution in [3.63, 3.8) is 0 Å². The molecule has 19 heavy (non-hydrogen) atoms. The highest BCUT2D eigenvalue weighted by Gasteiger charge is 2.07. The zero-order valence-electron chi connectivity index (χ0n) is 10.2. The van der Waals surface area contributed by atoms with Gasteiger partial charge in [-0.1, -0.05) is 12.1 Å². The molecule has 0 aliphatic carbocycles. The van der Waals surface area contributed by atoms with Gasteiger partial charge in [0.25, 0.3) is 0 Å². The molecule has 0 radical (unpaired) electrons. The first-order valence-electron chi connectivity index (χ1n) is 5.57. The zero-order chi connectivity index (χ0) is 14.3. The van der Waals surface area contributed by atoms with Gasteiger partial charge in [0, 0.05) is 5.69 Å². The molecule has 1 aromatic rings. The van der Waals surface area contributed by atoms with Crippen molar-refractivity contribution in [2.24, 2.45) is 0 Å². The van der Waals surface area contributed by atoms with Crippen molar-refractivity contribution in [2.75, 3.05) is 18.8 Å². The summed E-state index contributed by atoms with van der Waals surface area (Å²) in [6.45, 7) is -0.724. The lowest BCUT2D eigenvalue weighted by Crippen LogP contribution is -2.39. The number of rotatable bonds is 6. The monoisotopic (exact) mass is 265 g/mol. The number of hydrogen-bond donors (Lipinski definition) is 4. The predicted octanol–water partition coefficient (Wildman–Crippen LogP) is -0.872. The molecule has 1 aromatic carbocycles. The fraction of sp³-hybridized carbons (Fsp3) is 0.250. The molecule has 0 unspecified atom stereocenters. The smallest absolute Gasteiger partial charge is 0.322 e. The summed E-state index contributed by atoms with van der Waals surface area (Å²) in [4.78, 5) is 32.9. The van der Waals surface area contributed by atoms with E-state index in [0.29, 0.717) is 5.69 Å². The topological polar surface area (TPSA) is 122 Å². The van der Waals surface area contributed by atoms with Crippen LogP contribution in [0, 0.1) is 0 Å². The van der Waals surface area contributed by atoms with Gasteiger partial charge in [-0.15, -0.1) is 0 Å². The Morgan fingerprint density at radius 1 is 1.11 bits per heavy atom. The highest BCUT2D eigenvalue weighted by Crippen LogP contribution is 2.06. The number of benzene rings is 1. The molecule has 0 atom stereocenters. The van der Waals surface area contributed by atoms with E-state index < -0.39 is 18.4 Å². The molecule has 1 rings (SSSR count). The third-order valence-electron chi connectivity index (χ3n) is 2.20. The molecule has 2 amide bonds. The minimum atomic E-state index is -1.14. The van der Waals surface area contributed by atoms with E-state index >= 15 is 0 Å². The Labute approximate surface area is 109 Å². The fourth-order valence-corrected chi connectivity index (χ4v) is 1.37. The van der Waals surface area contributed by atoms with Crippen molar-refractivity contribution >= 4 is 23.5 Å². The molecule has 7 heteroatoms. The molecule has 0 saturated heterocycles. The summed E-state index contributed by atoms with van der Waals surface area (Å²) in [5, 5.41) is 12.9. The number of carbonyl (C=O) groups is 3. The van der Waals surface area contributed by atoms with Crippen LogP contribution in [0.2, 0.25) is 0 Å². The van der Waals surface area contributed by atoms with E-state index in [4.69, 9.17) is 10.8 Å². The molecule has 0 aliphatic heterocycles. The van der Waals surface area contributed by atoms with Crippen molar-refractivity contribution in [3.05, 3.63) is 29.8 Å². The van der Waals surface area contributed by atoms with E-state index in [-0.39, 0.29) is 18.9 Å². The van der Waals surface area contributed by atoms with Crippen LogP contribution in [0.25, 0.3) is 0 Å². The van der Waals surface area contributed by atoms with Crippen molar-refractivity contribution in [1.82, 2.24) is 10.6 Å². The van der Waals surface area contributed by atoms with E-state index in [0.717, 1.165) is 5.56 Å². The quantitative estimate of drug-likeness (QED) is 0.498. The van der Waals surface area contributed by atoms with Crippen molar-refractivity contribution in [1.29, 1.82) is 0 Å². The number of carbonyl (C=O) groups excluding carboxylic acids is 2. The highest BCUT2D eigenvalue weighted by molar-refractivity contribution is 5.87. The van der Waals surface area contributed by atoms with Gasteiger partial charge >= 0.3 is 5.97 Å². The molecule has 102 valence electrons. The summed E-state index contributed by atoms with van der Waals surface area (Å²) in [6, 6.07) is 6.86. The van der Waals surface area contributed by atoms with Gasteiger partial charge in [0.15, 0.2) is 0 Å². The Kier molecular flexibility index (Phi) is 5.34. The van der Waals surface area contributed by atoms with Crippen LogP contribution in [0.1, 0.15) is 5.56 Å². The number of anilines is 1. The Morgan fingerprint density at radius 3 is 2.42 bits per heavy atom. The third-order valence-corrected chi connectivity index (χ3v) is 2.20. The molecule has 0 heterocycles. The van der Waals surface area contributed by atoms with Gasteiger partial charge in [-0.05, 0) is 17.7 Å². The van der Waals surface area contributed by atoms with Crippen LogP contribution in [0.4, 0.5) is 5.69 Å². The Balaban J connectivity index is 2.32. The van der Waals surface area contributed by atoms with Crippen LogP contribution in [-0.4, -0.2) is 36.0 Å². The van der Waals surface area contributed by atoms with E-state index in [2.05, 4.69) is 10.6 Å². The average Bonchev–Trinajstić information content (AvgIpc) is 2.34. The highest BCUT2D eigenvalue weighted by atomic mass is 16.4. The maximum absolute atomic E-state index is 11.5. The van der Waals surface area contributed by atoms with Gasteiger partial charge < -0.3 is 21.5 Å². The van der Waals surface area contributed by atoms with Gasteiger partial charge in [-0.2, -0.15) is 0 Å². The molecule has 0 saturated carbocycles. The molecule has 0 aliphatic rings. The number of carboxylic acids is 1. The van der Waals surface area contributed by atoms with Gasteiger partial charge in [0.05, 0.1) is 13.0 Å². The number of nitrogens with one attached hydrogen (secondary N) is 2. The molecule has 0 spiro atoms. The third kappa shape index (κ3) is 6.06. The summed E-state index contributed by atoms with van der Waals surface area (Å²) in [7, 11) is 0. The van der Waals surface area contributed by atoms with Gasteiger partial charge in [-0.25, -0.2) is 0 Å². The first-order valence-corrected chi connectivity index (χ1v) is 5.57. The largest absolute Gasteiger partial charge is 0.480 e. The van der Waals surface area contributed by atoms with E-state index in [9.17, 15) is 14.4 Å². The lowest BCUT2D eigenvalue weighted by Gasteiger charge is -2.06. The fourth-order valence-electron chi connectivity index (χ4n) is 1.37. The molecule has 7 nitrogen and oxygen atoms in total. The molecular weight excluding hydrogens is 250 g/mol. The summed E-state index contributed by atoms with van der Waals surface area (Å²) in [5.74, 6) is -2.03. The van der Waals surface area contributed by atoms with Crippen LogP contribution < -0.4 is 16.4 Å². The van der Waals surface area contributed by atoms with E-state index in [1.54, 1.807) is 24.3 Å². The van der Waals surface area contributed by atoms with Gasteiger partial charge in [-0.3, -0.25) is 14.4 Å². The van der Waals surface area contributed by atoms with Crippen LogP contribution >= 0.6 is 0 Å². The van der Waals surface area contributed by atoms with Crippen molar-refractivity contribution < 1.29 is 19.5 Å². The first-order chi connectivity index (χ1) is 8.97. The predicted molar refractivity (Wildman–Crippen MR) is 68.2 cm³/mol. The maximum atomic E-state index is 11.5. The van der Waals surface area contributed by atoms with E-state index in [1.807, 2.05) is 0 Å². The molecule has 0 fully saturated rings. The Morgan fingerprint density at radius 2 is 1.79 bits per heavy atom. The molecule has 5 N–H and O–H groups in total. The van der Waals surface area contributed by atoms with Crippen LogP contribution in [0.15, 0.2) is 24.3 Å². The summed E-state index contributed by atoms with van der Waals surface area (Å²) >= 11 is 0. The van der Waals surface area contributed by atoms with Crippen molar-refractivity contribution in [3.8, 4) is 0 Å². The minimum absolute atomic E-state index is 0.108. The van der Waals surface area contributed by atoms with Gasteiger partial charge in [0.2, 0.25) is 11.8 Å². The lowest BCUT2D eigenvalue weighted by atomic mass is 10.1. The number of amides is 2. The van der Waals surface area contributed by atoms with Crippen LogP contribution in [0.3, 0.4) is 0 Å². The summed E-state index contributed by atoms with van der Waals surface area (Å²) in [6.07, 6.45) is 0.108. The van der Waals surface area contributed by atoms with Crippen LogP contribution in [-0.2, 0) is 20.8 Å². The Hall–Kier alpha value is -2.57. The zero-order valence-corrected chi connectivity index (χ0v) is 10.2.